The van der Waals surface area contributed by atoms with E-state index in [9.17, 15) is 19.2 Å². The third kappa shape index (κ3) is 7.38. The van der Waals surface area contributed by atoms with Crippen LogP contribution < -0.4 is 10.7 Å². The number of rotatable bonds is 6. The molecule has 3 aromatic heterocycles. The summed E-state index contributed by atoms with van der Waals surface area (Å²) < 4.78 is 14.1. The van der Waals surface area contributed by atoms with Gasteiger partial charge in [-0.2, -0.15) is 0 Å². The van der Waals surface area contributed by atoms with Crippen LogP contribution in [0.5, 0.6) is 0 Å². The fourth-order valence-electron chi connectivity index (χ4n) is 7.89. The lowest BCUT2D eigenvalue weighted by molar-refractivity contribution is -0.155. The van der Waals surface area contributed by atoms with Crippen molar-refractivity contribution in [2.24, 2.45) is 11.3 Å². The fourth-order valence-corrected chi connectivity index (χ4v) is 8.74. The first-order valence-electron chi connectivity index (χ1n) is 18.7. The van der Waals surface area contributed by atoms with Gasteiger partial charge in [0.15, 0.2) is 0 Å². The molecule has 3 amide bonds. The van der Waals surface area contributed by atoms with E-state index in [1.165, 1.54) is 21.2 Å². The Kier molecular flexibility index (Phi) is 10.6. The Morgan fingerprint density at radius 3 is 2.76 bits per heavy atom. The number of pyridine rings is 1. The molecule has 0 aliphatic carbocycles. The van der Waals surface area contributed by atoms with Crippen molar-refractivity contribution in [3.8, 4) is 22.5 Å². The number of carbonyl (C=O) groups excluding carboxylic acids is 4. The number of hydrazine groups is 1. The second-order valence-corrected chi connectivity index (χ2v) is 16.4. The lowest BCUT2D eigenvalue weighted by atomic mass is 9.84. The van der Waals surface area contributed by atoms with Gasteiger partial charge in [-0.15, -0.1) is 11.3 Å². The number of thiazole rings is 1. The van der Waals surface area contributed by atoms with Gasteiger partial charge in [0.25, 0.3) is 5.91 Å². The standard InChI is InChI=1S/C40H49N7O6S/c1-7-46-32-13-12-24-16-27(32)28(36(46)26-10-8-14-41-35(26)23(2)52-6)19-40(3,4)22-53-39(51)29-11-9-15-47(44-29)38(50)30(18-33-42-31(24)21-54-33)43-37(49)25-17-34(48)45(5)20-25/h8,10,12-14,16,21,23,25,29-30,44H,7,9,11,15,17-20,22H2,1-6H3,(H,43,49)/t23-,25+,29-,30-/m0/s1. The molecule has 3 aliphatic heterocycles. The van der Waals surface area contributed by atoms with Crippen LogP contribution in [0, 0.1) is 11.3 Å². The van der Waals surface area contributed by atoms with Crippen LogP contribution in [0.15, 0.2) is 41.9 Å². The Balaban J connectivity index is 1.33. The van der Waals surface area contributed by atoms with E-state index < -0.39 is 29.4 Å². The van der Waals surface area contributed by atoms with Crippen LogP contribution in [0.1, 0.15) is 69.3 Å². The summed E-state index contributed by atoms with van der Waals surface area (Å²) in [5.74, 6) is -1.82. The highest BCUT2D eigenvalue weighted by Gasteiger charge is 2.38. The molecule has 7 rings (SSSR count). The zero-order valence-electron chi connectivity index (χ0n) is 31.8. The van der Waals surface area contributed by atoms with E-state index in [0.29, 0.717) is 43.9 Å². The maximum absolute atomic E-state index is 14.1. The van der Waals surface area contributed by atoms with Crippen LogP contribution >= 0.6 is 11.3 Å². The van der Waals surface area contributed by atoms with E-state index in [1.54, 1.807) is 20.4 Å². The van der Waals surface area contributed by atoms with Crippen molar-refractivity contribution < 1.29 is 28.7 Å². The van der Waals surface area contributed by atoms with Gasteiger partial charge in [-0.05, 0) is 62.9 Å². The minimum absolute atomic E-state index is 0.0936. The highest BCUT2D eigenvalue weighted by Crippen LogP contribution is 2.42. The number of ether oxygens (including phenoxy) is 2. The summed E-state index contributed by atoms with van der Waals surface area (Å²) in [6.45, 7) is 9.87. The normalized spacial score (nSPS) is 22.6. The van der Waals surface area contributed by atoms with Crippen LogP contribution in [-0.4, -0.2) is 94.1 Å². The number of aromatic nitrogens is 3. The number of nitrogens with zero attached hydrogens (tertiary/aromatic N) is 5. The molecule has 286 valence electrons. The van der Waals surface area contributed by atoms with E-state index in [2.05, 4.69) is 60.3 Å². The zero-order valence-corrected chi connectivity index (χ0v) is 32.6. The smallest absolute Gasteiger partial charge is 0.324 e. The lowest BCUT2D eigenvalue weighted by Gasteiger charge is -2.35. The van der Waals surface area contributed by atoms with Crippen LogP contribution in [-0.2, 0) is 48.0 Å². The number of hydrogen-bond acceptors (Lipinski definition) is 10. The first-order valence-corrected chi connectivity index (χ1v) is 19.6. The minimum Gasteiger partial charge on any atom is -0.464 e. The molecule has 4 atom stereocenters. The van der Waals surface area contributed by atoms with Gasteiger partial charge in [0.1, 0.15) is 12.1 Å². The lowest BCUT2D eigenvalue weighted by Crippen LogP contribution is -2.60. The molecule has 0 saturated carbocycles. The zero-order chi connectivity index (χ0) is 38.3. The van der Waals surface area contributed by atoms with Gasteiger partial charge in [-0.3, -0.25) is 29.2 Å². The van der Waals surface area contributed by atoms with E-state index >= 15 is 0 Å². The molecule has 0 radical (unpaired) electrons. The SMILES string of the molecule is CCn1c(-c2cccnc2[C@H](C)OC)c2c3cc(ccc31)-c1csc(n1)C[C@H](NC(=O)[C@@H]1CC(=O)N(C)C1)C(=O)N1CCC[C@H](N1)C(=O)OCC(C)(C)C2. The maximum Gasteiger partial charge on any atom is 0.324 e. The number of cyclic esters (lactones) is 1. The molecule has 3 aliphatic rings. The third-order valence-corrected chi connectivity index (χ3v) is 11.7. The molecule has 54 heavy (non-hydrogen) atoms. The molecule has 0 spiro atoms. The van der Waals surface area contributed by atoms with Crippen LogP contribution in [0.25, 0.3) is 33.4 Å². The molecule has 6 bridgehead atoms. The van der Waals surface area contributed by atoms with Crippen LogP contribution in [0.3, 0.4) is 0 Å². The Bertz CT molecular complexity index is 2090. The largest absolute Gasteiger partial charge is 0.464 e. The van der Waals surface area contributed by atoms with Gasteiger partial charge < -0.3 is 24.3 Å². The number of hydrogen-bond donors (Lipinski definition) is 2. The molecule has 1 aromatic carbocycles. The number of nitrogens with one attached hydrogen (secondary N) is 2. The first kappa shape index (κ1) is 37.6. The first-order chi connectivity index (χ1) is 25.9. The van der Waals surface area contributed by atoms with E-state index in [1.807, 2.05) is 18.4 Å². The number of amides is 3. The number of methoxy groups -OCH3 is 1. The highest BCUT2D eigenvalue weighted by atomic mass is 32.1. The van der Waals surface area contributed by atoms with Gasteiger partial charge in [0.05, 0.1) is 40.7 Å². The Morgan fingerprint density at radius 2 is 2.02 bits per heavy atom. The highest BCUT2D eigenvalue weighted by molar-refractivity contribution is 7.10. The van der Waals surface area contributed by atoms with Crippen molar-refractivity contribution in [3.05, 3.63) is 58.2 Å². The Hall–Kier alpha value is -4.66. The molecular weight excluding hydrogens is 707 g/mol. The van der Waals surface area contributed by atoms with Gasteiger partial charge in [-0.25, -0.2) is 10.4 Å². The third-order valence-electron chi connectivity index (χ3n) is 10.9. The van der Waals surface area contributed by atoms with Crippen molar-refractivity contribution in [2.75, 3.05) is 33.9 Å². The summed E-state index contributed by atoms with van der Waals surface area (Å²) in [7, 11) is 3.36. The molecule has 2 fully saturated rings. The predicted octanol–water partition coefficient (Wildman–Crippen LogP) is 4.68. The molecule has 13 nitrogen and oxygen atoms in total. The van der Waals surface area contributed by atoms with Gasteiger partial charge >= 0.3 is 5.97 Å². The second kappa shape index (κ2) is 15.2. The molecule has 6 heterocycles. The molecule has 2 N–H and O–H groups in total. The van der Waals surface area contributed by atoms with Crippen LogP contribution in [0.4, 0.5) is 0 Å². The van der Waals surface area contributed by atoms with Crippen molar-refractivity contribution in [1.82, 2.24) is 35.2 Å². The molecular formula is C40H49N7O6S. The summed E-state index contributed by atoms with van der Waals surface area (Å²) in [6, 6.07) is 8.75. The summed E-state index contributed by atoms with van der Waals surface area (Å²) in [5, 5.41) is 8.12. The fraction of sp³-hybridized carbons (Fsp3) is 0.500. The number of benzene rings is 1. The molecule has 2 saturated heterocycles. The quantitative estimate of drug-likeness (QED) is 0.268. The van der Waals surface area contributed by atoms with Crippen molar-refractivity contribution in [1.29, 1.82) is 0 Å². The van der Waals surface area contributed by atoms with E-state index in [4.69, 9.17) is 19.4 Å². The van der Waals surface area contributed by atoms with Crippen molar-refractivity contribution in [3.63, 3.8) is 0 Å². The maximum atomic E-state index is 14.1. The Labute approximate surface area is 319 Å². The number of aryl methyl sites for hydroxylation is 1. The topological polar surface area (TPSA) is 148 Å². The molecule has 0 unspecified atom stereocenters. The average Bonchev–Trinajstić information content (AvgIpc) is 3.87. The predicted molar refractivity (Wildman–Crippen MR) is 205 cm³/mol. The number of likely N-dealkylation sites (tertiary alicyclic amines) is 1. The number of fused-ring (bicyclic) bond motifs is 6. The summed E-state index contributed by atoms with van der Waals surface area (Å²) >= 11 is 1.43. The van der Waals surface area contributed by atoms with Crippen LogP contribution in [0.2, 0.25) is 0 Å². The van der Waals surface area contributed by atoms with E-state index in [-0.39, 0.29) is 43.3 Å². The average molecular weight is 756 g/mol. The minimum atomic E-state index is -0.962. The van der Waals surface area contributed by atoms with Crippen molar-refractivity contribution >= 4 is 45.9 Å². The van der Waals surface area contributed by atoms with Gasteiger partial charge in [-0.1, -0.05) is 19.9 Å². The van der Waals surface area contributed by atoms with Gasteiger partial charge in [0.2, 0.25) is 11.8 Å². The van der Waals surface area contributed by atoms with E-state index in [0.717, 1.165) is 44.7 Å². The summed E-state index contributed by atoms with van der Waals surface area (Å²) in [4.78, 5) is 64.8. The molecule has 14 heteroatoms. The second-order valence-electron chi connectivity index (χ2n) is 15.4. The number of carbonyl (C=O) groups is 4. The van der Waals surface area contributed by atoms with Crippen molar-refractivity contribution in [2.45, 2.75) is 84.5 Å². The summed E-state index contributed by atoms with van der Waals surface area (Å²) in [5.41, 5.74) is 9.42. The number of esters is 1. The Morgan fingerprint density at radius 1 is 1.20 bits per heavy atom. The molecule has 4 aromatic rings. The van der Waals surface area contributed by atoms with Gasteiger partial charge in [0, 0.05) is 85.7 Å². The monoisotopic (exact) mass is 755 g/mol. The summed E-state index contributed by atoms with van der Waals surface area (Å²) in [6.07, 6.45) is 3.49.